The van der Waals surface area contributed by atoms with Crippen LogP contribution in [0.5, 0.6) is 0 Å². The van der Waals surface area contributed by atoms with Gasteiger partial charge in [-0.15, -0.1) is 0 Å². The lowest BCUT2D eigenvalue weighted by molar-refractivity contribution is -0.137. The second-order valence-corrected chi connectivity index (χ2v) is 9.01. The van der Waals surface area contributed by atoms with Crippen molar-refractivity contribution in [2.45, 2.75) is 18.8 Å². The van der Waals surface area contributed by atoms with Crippen LogP contribution in [0.2, 0.25) is 15.1 Å². The number of amides is 2. The van der Waals surface area contributed by atoms with Crippen LogP contribution < -0.4 is 10.6 Å². The molecule has 2 aromatic rings. The van der Waals surface area contributed by atoms with Crippen LogP contribution in [0.3, 0.4) is 0 Å². The monoisotopic (exact) mass is 624 g/mol. The second-order valence-electron chi connectivity index (χ2n) is 6.96. The van der Waals surface area contributed by atoms with Crippen LogP contribution in [0.25, 0.3) is 5.57 Å². The number of alkyl halides is 6. The molecule has 0 saturated carbocycles. The van der Waals surface area contributed by atoms with Gasteiger partial charge in [-0.3, -0.25) is 9.59 Å². The van der Waals surface area contributed by atoms with Crippen molar-refractivity contribution in [2.75, 3.05) is 13.1 Å². The van der Waals surface area contributed by atoms with E-state index < -0.39 is 42.8 Å². The topological polar surface area (TPSA) is 58.2 Å². The maximum Gasteiger partial charge on any atom is 0.416 e. The molecule has 2 amide bonds. The molecule has 2 rings (SSSR count). The SMILES string of the molecule is O=C(CNC(=O)c1ccc(C/C=C(\c2cc(Cl)c(Cl)c(Cl)c2)C(F)(F)F)cc1Br)NCC(F)(F)F. The number of benzene rings is 2. The summed E-state index contributed by atoms with van der Waals surface area (Å²) >= 11 is 20.6. The first-order chi connectivity index (χ1) is 16.1. The van der Waals surface area contributed by atoms with Crippen molar-refractivity contribution in [2.24, 2.45) is 0 Å². The third-order valence-corrected chi connectivity index (χ3v) is 6.17. The first kappa shape index (κ1) is 29.3. The molecule has 14 heteroatoms. The highest BCUT2D eigenvalue weighted by Gasteiger charge is 2.35. The number of allylic oxidation sites excluding steroid dienone is 2. The molecule has 0 aromatic heterocycles. The molecule has 0 fully saturated rings. The Labute approximate surface area is 218 Å². The normalized spacial score (nSPS) is 12.5. The minimum Gasteiger partial charge on any atom is -0.345 e. The first-order valence-corrected chi connectivity index (χ1v) is 11.3. The van der Waals surface area contributed by atoms with E-state index in [-0.39, 0.29) is 37.1 Å². The van der Waals surface area contributed by atoms with Crippen LogP contribution in [0, 0.1) is 0 Å². The Morgan fingerprint density at radius 2 is 1.54 bits per heavy atom. The van der Waals surface area contributed by atoms with E-state index in [4.69, 9.17) is 34.8 Å². The summed E-state index contributed by atoms with van der Waals surface area (Å²) in [5.41, 5.74) is -0.866. The highest BCUT2D eigenvalue weighted by atomic mass is 79.9. The van der Waals surface area contributed by atoms with Gasteiger partial charge in [-0.25, -0.2) is 0 Å². The van der Waals surface area contributed by atoms with E-state index in [1.165, 1.54) is 18.2 Å². The van der Waals surface area contributed by atoms with Gasteiger partial charge in [-0.05, 0) is 57.7 Å². The summed E-state index contributed by atoms with van der Waals surface area (Å²) in [4.78, 5) is 23.6. The van der Waals surface area contributed by atoms with Gasteiger partial charge in [0.25, 0.3) is 5.91 Å². The van der Waals surface area contributed by atoms with Crippen molar-refractivity contribution in [3.05, 3.63) is 72.6 Å². The van der Waals surface area contributed by atoms with Crippen molar-refractivity contribution in [1.82, 2.24) is 10.6 Å². The predicted octanol–water partition coefficient (Wildman–Crippen LogP) is 7.01. The van der Waals surface area contributed by atoms with E-state index in [1.54, 1.807) is 5.32 Å². The van der Waals surface area contributed by atoms with Gasteiger partial charge < -0.3 is 10.6 Å². The zero-order chi connectivity index (χ0) is 26.6. The number of rotatable bonds is 7. The van der Waals surface area contributed by atoms with E-state index in [2.05, 4.69) is 21.2 Å². The number of halogens is 10. The molecule has 4 nitrogen and oxygen atoms in total. The highest BCUT2D eigenvalue weighted by Crippen LogP contribution is 2.39. The Bertz CT molecular complexity index is 1130. The zero-order valence-corrected chi connectivity index (χ0v) is 21.0. The summed E-state index contributed by atoms with van der Waals surface area (Å²) in [6.07, 6.45) is -8.59. The van der Waals surface area contributed by atoms with Gasteiger partial charge in [0, 0.05) is 4.47 Å². The van der Waals surface area contributed by atoms with Gasteiger partial charge in [0.1, 0.15) is 6.54 Å². The van der Waals surface area contributed by atoms with E-state index >= 15 is 0 Å². The molecule has 2 N–H and O–H groups in total. The van der Waals surface area contributed by atoms with Gasteiger partial charge in [-0.2, -0.15) is 26.3 Å². The zero-order valence-electron chi connectivity index (χ0n) is 17.2. The van der Waals surface area contributed by atoms with Crippen LogP contribution in [0.15, 0.2) is 40.9 Å². The number of nitrogens with one attached hydrogen (secondary N) is 2. The van der Waals surface area contributed by atoms with Gasteiger partial charge >= 0.3 is 12.4 Å². The van der Waals surface area contributed by atoms with Crippen LogP contribution in [0.4, 0.5) is 26.3 Å². The van der Waals surface area contributed by atoms with Crippen LogP contribution in [-0.4, -0.2) is 37.3 Å². The van der Waals surface area contributed by atoms with Crippen molar-refractivity contribution >= 4 is 68.1 Å². The van der Waals surface area contributed by atoms with Crippen molar-refractivity contribution in [3.8, 4) is 0 Å². The largest absolute Gasteiger partial charge is 0.416 e. The third kappa shape index (κ3) is 8.89. The van der Waals surface area contributed by atoms with Gasteiger partial charge in [-0.1, -0.05) is 46.9 Å². The molecule has 0 radical (unpaired) electrons. The fourth-order valence-electron chi connectivity index (χ4n) is 2.71. The maximum absolute atomic E-state index is 13.6. The van der Waals surface area contributed by atoms with E-state index in [1.807, 2.05) is 0 Å². The molecule has 0 saturated heterocycles. The van der Waals surface area contributed by atoms with Gasteiger partial charge in [0.05, 0.1) is 32.7 Å². The minimum atomic E-state index is -4.73. The van der Waals surface area contributed by atoms with Crippen LogP contribution in [0.1, 0.15) is 21.5 Å². The standard InChI is InChI=1S/C21H14BrCl3F6N2O2/c22-14-5-10(1-3-12(14)19(35)32-8-17(34)33-9-20(26,27)28)2-4-13(21(29,30)31)11-6-15(23)18(25)16(24)7-11/h1,3-7H,2,8-9H2,(H,32,35)(H,33,34)/b13-4+. The Morgan fingerprint density at radius 1 is 0.943 bits per heavy atom. The fourth-order valence-corrected chi connectivity index (χ4v) is 3.92. The van der Waals surface area contributed by atoms with E-state index in [0.29, 0.717) is 5.56 Å². The number of hydrogen-bond acceptors (Lipinski definition) is 2. The Hall–Kier alpha value is -1.95. The Kier molecular flexibility index (Phi) is 9.92. The highest BCUT2D eigenvalue weighted by molar-refractivity contribution is 9.10. The van der Waals surface area contributed by atoms with E-state index in [9.17, 15) is 35.9 Å². The number of carbonyl (C=O) groups is 2. The molecule has 0 aliphatic rings. The summed E-state index contributed by atoms with van der Waals surface area (Å²) in [7, 11) is 0. The number of carbonyl (C=O) groups excluding carboxylic acids is 2. The van der Waals surface area contributed by atoms with Crippen LogP contribution >= 0.6 is 50.7 Å². The summed E-state index contributed by atoms with van der Waals surface area (Å²) in [5.74, 6) is -1.82. The number of hydrogen-bond donors (Lipinski definition) is 2. The summed E-state index contributed by atoms with van der Waals surface area (Å²) in [6.45, 7) is -2.24. The van der Waals surface area contributed by atoms with Crippen molar-refractivity contribution in [3.63, 3.8) is 0 Å². The summed E-state index contributed by atoms with van der Waals surface area (Å²) < 4.78 is 77.5. The quantitative estimate of drug-likeness (QED) is 0.257. The molecule has 0 atom stereocenters. The van der Waals surface area contributed by atoms with Crippen molar-refractivity contribution < 1.29 is 35.9 Å². The fraction of sp³-hybridized carbons (Fsp3) is 0.238. The molecular weight excluding hydrogens is 612 g/mol. The van der Waals surface area contributed by atoms with Crippen LogP contribution in [-0.2, 0) is 11.2 Å². The Morgan fingerprint density at radius 3 is 2.06 bits per heavy atom. The molecule has 35 heavy (non-hydrogen) atoms. The second kappa shape index (κ2) is 11.9. The summed E-state index contributed by atoms with van der Waals surface area (Å²) in [6, 6.07) is 6.16. The maximum atomic E-state index is 13.6. The lowest BCUT2D eigenvalue weighted by Crippen LogP contribution is -2.40. The molecule has 0 unspecified atom stereocenters. The minimum absolute atomic E-state index is 0.0219. The third-order valence-electron chi connectivity index (χ3n) is 4.32. The smallest absolute Gasteiger partial charge is 0.345 e. The molecule has 0 aliphatic carbocycles. The molecule has 0 spiro atoms. The molecule has 0 bridgehead atoms. The molecule has 2 aromatic carbocycles. The molecular formula is C21H14BrCl3F6N2O2. The predicted molar refractivity (Wildman–Crippen MR) is 125 cm³/mol. The summed E-state index contributed by atoms with van der Waals surface area (Å²) in [5, 5.41) is 3.40. The molecule has 0 aliphatic heterocycles. The van der Waals surface area contributed by atoms with E-state index in [0.717, 1.165) is 18.2 Å². The Balaban J connectivity index is 2.15. The van der Waals surface area contributed by atoms with Gasteiger partial charge in [0.2, 0.25) is 5.91 Å². The first-order valence-electron chi connectivity index (χ1n) is 9.41. The average molecular weight is 627 g/mol. The lowest BCUT2D eigenvalue weighted by atomic mass is 10.0. The van der Waals surface area contributed by atoms with Crippen molar-refractivity contribution in [1.29, 1.82) is 0 Å². The molecule has 190 valence electrons. The van der Waals surface area contributed by atoms with Gasteiger partial charge in [0.15, 0.2) is 0 Å². The lowest BCUT2D eigenvalue weighted by Gasteiger charge is -2.14. The average Bonchev–Trinajstić information content (AvgIpc) is 2.73. The molecule has 0 heterocycles.